The lowest BCUT2D eigenvalue weighted by molar-refractivity contribution is 0.177. The van der Waals surface area contributed by atoms with Crippen LogP contribution in [0.15, 0.2) is 24.4 Å². The van der Waals surface area contributed by atoms with Gasteiger partial charge in [0, 0.05) is 6.20 Å². The molecule has 0 aliphatic heterocycles. The SMILES string of the molecule is Cc1ccc(-c2cnc(C[O])s2)c(C)c1. The second kappa shape index (κ2) is 4.13. The van der Waals surface area contributed by atoms with E-state index in [4.69, 9.17) is 0 Å². The maximum Gasteiger partial charge on any atom is 0.134 e. The van der Waals surface area contributed by atoms with Crippen molar-refractivity contribution in [3.8, 4) is 10.4 Å². The molecular formula is C12H12NOS. The van der Waals surface area contributed by atoms with Crippen LogP contribution in [0.2, 0.25) is 0 Å². The molecule has 0 saturated carbocycles. The van der Waals surface area contributed by atoms with Crippen LogP contribution < -0.4 is 0 Å². The van der Waals surface area contributed by atoms with Gasteiger partial charge >= 0.3 is 0 Å². The van der Waals surface area contributed by atoms with E-state index >= 15 is 0 Å². The zero-order valence-corrected chi connectivity index (χ0v) is 9.60. The van der Waals surface area contributed by atoms with E-state index < -0.39 is 0 Å². The molecule has 0 fully saturated rings. The smallest absolute Gasteiger partial charge is 0.134 e. The fraction of sp³-hybridized carbons (Fsp3) is 0.250. The van der Waals surface area contributed by atoms with E-state index in [0.717, 1.165) is 4.88 Å². The number of hydrogen-bond donors (Lipinski definition) is 0. The van der Waals surface area contributed by atoms with E-state index in [1.807, 2.05) is 0 Å². The molecular weight excluding hydrogens is 206 g/mol. The van der Waals surface area contributed by atoms with Crippen LogP contribution in [0.5, 0.6) is 0 Å². The van der Waals surface area contributed by atoms with Gasteiger partial charge in [0.15, 0.2) is 0 Å². The fourth-order valence-corrected chi connectivity index (χ4v) is 2.45. The summed E-state index contributed by atoms with van der Waals surface area (Å²) in [5, 5.41) is 11.3. The largest absolute Gasteiger partial charge is 0.246 e. The molecule has 77 valence electrons. The highest BCUT2D eigenvalue weighted by Gasteiger charge is 2.06. The molecule has 1 aromatic carbocycles. The molecule has 0 unspecified atom stereocenters. The average Bonchev–Trinajstić information content (AvgIpc) is 2.66. The molecule has 0 atom stereocenters. The van der Waals surface area contributed by atoms with Crippen molar-refractivity contribution in [2.24, 2.45) is 0 Å². The first-order valence-electron chi connectivity index (χ1n) is 4.81. The first-order chi connectivity index (χ1) is 7.20. The van der Waals surface area contributed by atoms with Crippen LogP contribution in [-0.4, -0.2) is 4.98 Å². The van der Waals surface area contributed by atoms with Gasteiger partial charge in [0.1, 0.15) is 11.6 Å². The molecule has 3 heteroatoms. The van der Waals surface area contributed by atoms with Gasteiger partial charge in [-0.25, -0.2) is 10.1 Å². The normalized spacial score (nSPS) is 10.6. The minimum Gasteiger partial charge on any atom is -0.246 e. The van der Waals surface area contributed by atoms with Gasteiger partial charge in [-0.3, -0.25) is 0 Å². The summed E-state index contributed by atoms with van der Waals surface area (Å²) < 4.78 is 0. The van der Waals surface area contributed by atoms with E-state index in [-0.39, 0.29) is 6.61 Å². The summed E-state index contributed by atoms with van der Waals surface area (Å²) >= 11 is 1.48. The van der Waals surface area contributed by atoms with Gasteiger partial charge in [-0.2, -0.15) is 0 Å². The van der Waals surface area contributed by atoms with Gasteiger partial charge < -0.3 is 0 Å². The van der Waals surface area contributed by atoms with E-state index in [1.165, 1.54) is 28.0 Å². The van der Waals surface area contributed by atoms with Crippen molar-refractivity contribution in [1.82, 2.24) is 4.98 Å². The minimum atomic E-state index is -0.227. The first-order valence-corrected chi connectivity index (χ1v) is 5.63. The summed E-state index contributed by atoms with van der Waals surface area (Å²) in [7, 11) is 0. The lowest BCUT2D eigenvalue weighted by Gasteiger charge is -2.03. The summed E-state index contributed by atoms with van der Waals surface area (Å²) in [6.07, 6.45) is 1.79. The van der Waals surface area contributed by atoms with Crippen LogP contribution in [0.1, 0.15) is 16.1 Å². The molecule has 0 amide bonds. The molecule has 1 heterocycles. The van der Waals surface area contributed by atoms with E-state index in [1.54, 1.807) is 6.20 Å². The van der Waals surface area contributed by atoms with Crippen LogP contribution in [0, 0.1) is 13.8 Å². The highest BCUT2D eigenvalue weighted by Crippen LogP contribution is 2.29. The maximum absolute atomic E-state index is 10.7. The molecule has 0 bridgehead atoms. The summed E-state index contributed by atoms with van der Waals surface area (Å²) in [5.41, 5.74) is 3.67. The van der Waals surface area contributed by atoms with Crippen molar-refractivity contribution >= 4 is 11.3 Å². The Balaban J connectivity index is 2.44. The highest BCUT2D eigenvalue weighted by molar-refractivity contribution is 7.15. The van der Waals surface area contributed by atoms with E-state index in [2.05, 4.69) is 37.0 Å². The third-order valence-corrected chi connectivity index (χ3v) is 3.33. The van der Waals surface area contributed by atoms with Gasteiger partial charge in [0.25, 0.3) is 0 Å². The summed E-state index contributed by atoms with van der Waals surface area (Å²) in [6, 6.07) is 6.32. The van der Waals surface area contributed by atoms with Crippen LogP contribution in [0.4, 0.5) is 0 Å². The molecule has 0 N–H and O–H groups in total. The van der Waals surface area contributed by atoms with Gasteiger partial charge in [-0.15, -0.1) is 11.3 Å². The van der Waals surface area contributed by atoms with Gasteiger partial charge in [0.2, 0.25) is 0 Å². The predicted octanol–water partition coefficient (Wildman–Crippen LogP) is 3.36. The van der Waals surface area contributed by atoms with Gasteiger partial charge in [-0.05, 0) is 25.0 Å². The second-order valence-corrected chi connectivity index (χ2v) is 4.70. The monoisotopic (exact) mass is 218 g/mol. The van der Waals surface area contributed by atoms with Crippen molar-refractivity contribution in [3.63, 3.8) is 0 Å². The third kappa shape index (κ3) is 2.08. The Morgan fingerprint density at radius 3 is 2.73 bits per heavy atom. The Bertz CT molecular complexity index is 476. The van der Waals surface area contributed by atoms with Crippen LogP contribution in [0.25, 0.3) is 10.4 Å². The second-order valence-electron chi connectivity index (χ2n) is 3.58. The number of benzene rings is 1. The Morgan fingerprint density at radius 1 is 1.33 bits per heavy atom. The number of hydrogen-bond acceptors (Lipinski definition) is 2. The van der Waals surface area contributed by atoms with Crippen LogP contribution in [0.3, 0.4) is 0 Å². The fourth-order valence-electron chi connectivity index (χ4n) is 1.59. The van der Waals surface area contributed by atoms with Crippen molar-refractivity contribution < 1.29 is 5.11 Å². The van der Waals surface area contributed by atoms with Crippen LogP contribution >= 0.6 is 11.3 Å². The standard InChI is InChI=1S/C12H12NOS/c1-8-3-4-10(9(2)5-8)11-6-13-12(7-14)15-11/h3-6H,7H2,1-2H3. The maximum atomic E-state index is 10.7. The van der Waals surface area contributed by atoms with Crippen molar-refractivity contribution in [2.45, 2.75) is 20.5 Å². The Morgan fingerprint density at radius 2 is 2.13 bits per heavy atom. The lowest BCUT2D eigenvalue weighted by atomic mass is 10.1. The summed E-state index contributed by atoms with van der Waals surface area (Å²) in [6.45, 7) is 3.93. The first kappa shape index (κ1) is 10.3. The third-order valence-electron chi connectivity index (χ3n) is 2.32. The minimum absolute atomic E-state index is 0.227. The number of aryl methyl sites for hydroxylation is 2. The van der Waals surface area contributed by atoms with E-state index in [9.17, 15) is 5.11 Å². The van der Waals surface area contributed by atoms with Gasteiger partial charge in [-0.1, -0.05) is 23.8 Å². The molecule has 2 nitrogen and oxygen atoms in total. The number of nitrogens with zero attached hydrogens (tertiary/aromatic N) is 1. The van der Waals surface area contributed by atoms with E-state index in [0.29, 0.717) is 5.01 Å². The molecule has 0 aliphatic carbocycles. The quantitative estimate of drug-likeness (QED) is 0.760. The number of rotatable bonds is 2. The molecule has 0 saturated heterocycles. The average molecular weight is 218 g/mol. The molecule has 2 rings (SSSR count). The molecule has 1 radical (unpaired) electrons. The highest BCUT2D eigenvalue weighted by atomic mass is 32.1. The Labute approximate surface area is 93.2 Å². The van der Waals surface area contributed by atoms with Crippen molar-refractivity contribution in [1.29, 1.82) is 0 Å². The molecule has 15 heavy (non-hydrogen) atoms. The lowest BCUT2D eigenvalue weighted by Crippen LogP contribution is -1.81. The van der Waals surface area contributed by atoms with Gasteiger partial charge in [0.05, 0.1) is 4.88 Å². The number of thiazole rings is 1. The molecule has 0 spiro atoms. The summed E-state index contributed by atoms with van der Waals surface area (Å²) in [5.74, 6) is 0. The Hall–Kier alpha value is -1.19. The zero-order valence-electron chi connectivity index (χ0n) is 8.78. The topological polar surface area (TPSA) is 32.8 Å². The van der Waals surface area contributed by atoms with Crippen molar-refractivity contribution in [2.75, 3.05) is 0 Å². The van der Waals surface area contributed by atoms with Crippen molar-refractivity contribution in [3.05, 3.63) is 40.5 Å². The summed E-state index contributed by atoms with van der Waals surface area (Å²) in [4.78, 5) is 5.16. The predicted molar refractivity (Wildman–Crippen MR) is 61.4 cm³/mol. The zero-order chi connectivity index (χ0) is 10.8. The molecule has 0 aliphatic rings. The number of aromatic nitrogens is 1. The molecule has 2 aromatic rings. The van der Waals surface area contributed by atoms with Crippen LogP contribution in [-0.2, 0) is 11.7 Å². The Kier molecular flexibility index (Phi) is 2.84. The molecule has 1 aromatic heterocycles.